The van der Waals surface area contributed by atoms with Crippen molar-refractivity contribution in [2.75, 3.05) is 6.61 Å². The van der Waals surface area contributed by atoms with Gasteiger partial charge in [-0.2, -0.15) is 0 Å². The van der Waals surface area contributed by atoms with Gasteiger partial charge < -0.3 is 4.74 Å². The average molecular weight is 177 g/mol. The van der Waals surface area contributed by atoms with Gasteiger partial charge in [-0.3, -0.25) is 0 Å². The first-order chi connectivity index (χ1) is 6.15. The molecule has 71 valence electrons. The fourth-order valence-electron chi connectivity index (χ4n) is 1.40. The van der Waals surface area contributed by atoms with Gasteiger partial charge in [-0.15, -0.1) is 0 Å². The van der Waals surface area contributed by atoms with E-state index in [2.05, 4.69) is 32.9 Å². The van der Waals surface area contributed by atoms with Gasteiger partial charge in [0.1, 0.15) is 5.75 Å². The summed E-state index contributed by atoms with van der Waals surface area (Å²) in [5, 5.41) is 0. The van der Waals surface area contributed by atoms with Gasteiger partial charge in [0.25, 0.3) is 0 Å². The second kappa shape index (κ2) is 4.31. The lowest BCUT2D eigenvalue weighted by atomic mass is 9.98. The zero-order chi connectivity index (χ0) is 9.84. The molecule has 1 heteroatoms. The van der Waals surface area contributed by atoms with Crippen LogP contribution < -0.4 is 4.74 Å². The van der Waals surface area contributed by atoms with Crippen molar-refractivity contribution in [3.63, 3.8) is 0 Å². The molecule has 0 N–H and O–H groups in total. The maximum Gasteiger partial charge on any atom is 0.119 e. The summed E-state index contributed by atoms with van der Waals surface area (Å²) in [5.74, 6) is 2.29. The topological polar surface area (TPSA) is 9.23 Å². The molecule has 1 rings (SSSR count). The number of benzene rings is 1. The molecular weight excluding hydrogens is 160 g/mol. The molecule has 0 aliphatic heterocycles. The molecule has 0 fully saturated rings. The standard InChI is InChI=1S/C12H17O/c1-5-13-11-7-6-10(4)12(8-11)9(2)3/h6-8H,5H2,1-4H3. The van der Waals surface area contributed by atoms with E-state index in [1.165, 1.54) is 17.0 Å². The van der Waals surface area contributed by atoms with E-state index in [1.54, 1.807) is 0 Å². The highest BCUT2D eigenvalue weighted by molar-refractivity contribution is 5.41. The minimum absolute atomic E-state index is 0.727. The van der Waals surface area contributed by atoms with E-state index >= 15 is 0 Å². The highest BCUT2D eigenvalue weighted by atomic mass is 16.5. The summed E-state index contributed by atoms with van der Waals surface area (Å²) < 4.78 is 5.44. The molecule has 0 aliphatic rings. The van der Waals surface area contributed by atoms with Gasteiger partial charge in [0.15, 0.2) is 0 Å². The number of aryl methyl sites for hydroxylation is 1. The molecule has 0 saturated carbocycles. The van der Waals surface area contributed by atoms with E-state index in [4.69, 9.17) is 4.74 Å². The van der Waals surface area contributed by atoms with Crippen LogP contribution in [0.5, 0.6) is 5.75 Å². The Hall–Kier alpha value is -0.980. The van der Waals surface area contributed by atoms with Crippen LogP contribution in [-0.2, 0) is 0 Å². The van der Waals surface area contributed by atoms with Crippen LogP contribution in [0.1, 0.15) is 31.9 Å². The quantitative estimate of drug-likeness (QED) is 0.688. The predicted molar refractivity (Wildman–Crippen MR) is 56.0 cm³/mol. The van der Waals surface area contributed by atoms with Crippen molar-refractivity contribution in [1.82, 2.24) is 0 Å². The fourth-order valence-corrected chi connectivity index (χ4v) is 1.40. The Morgan fingerprint density at radius 2 is 2.00 bits per heavy atom. The van der Waals surface area contributed by atoms with Crippen molar-refractivity contribution < 1.29 is 4.74 Å². The van der Waals surface area contributed by atoms with E-state index in [-0.39, 0.29) is 0 Å². The van der Waals surface area contributed by atoms with Gasteiger partial charge in [0, 0.05) is 0 Å². The molecular formula is C12H17O. The first-order valence-electron chi connectivity index (χ1n) is 4.69. The van der Waals surface area contributed by atoms with Crippen LogP contribution in [-0.4, -0.2) is 6.61 Å². The van der Waals surface area contributed by atoms with Crippen molar-refractivity contribution in [3.05, 3.63) is 35.2 Å². The minimum atomic E-state index is 0.727. The molecule has 0 aliphatic carbocycles. The van der Waals surface area contributed by atoms with Crippen molar-refractivity contribution in [2.45, 2.75) is 27.7 Å². The normalized spacial score (nSPS) is 10.5. The zero-order valence-corrected chi connectivity index (χ0v) is 8.85. The van der Waals surface area contributed by atoms with Crippen LogP contribution in [0.2, 0.25) is 0 Å². The van der Waals surface area contributed by atoms with Crippen molar-refractivity contribution in [1.29, 1.82) is 0 Å². The largest absolute Gasteiger partial charge is 0.494 e. The van der Waals surface area contributed by atoms with E-state index in [0.29, 0.717) is 0 Å². The Kier molecular flexibility index (Phi) is 3.35. The molecule has 1 nitrogen and oxygen atoms in total. The van der Waals surface area contributed by atoms with Crippen molar-refractivity contribution in [3.8, 4) is 5.75 Å². The predicted octanol–water partition coefficient (Wildman–Crippen LogP) is 3.36. The summed E-state index contributed by atoms with van der Waals surface area (Å²) in [6.07, 6.45) is 0. The van der Waals surface area contributed by atoms with Gasteiger partial charge in [0.2, 0.25) is 0 Å². The summed E-state index contributed by atoms with van der Waals surface area (Å²) in [4.78, 5) is 0. The Morgan fingerprint density at radius 1 is 1.31 bits per heavy atom. The van der Waals surface area contributed by atoms with Gasteiger partial charge >= 0.3 is 0 Å². The smallest absolute Gasteiger partial charge is 0.119 e. The Morgan fingerprint density at radius 3 is 2.54 bits per heavy atom. The Bertz CT molecular complexity index is 276. The molecule has 0 heterocycles. The van der Waals surface area contributed by atoms with Crippen LogP contribution in [0.25, 0.3) is 0 Å². The SMILES string of the molecule is CCOc1ccc(C)c([C](C)C)c1. The van der Waals surface area contributed by atoms with Crippen LogP contribution in [0.4, 0.5) is 0 Å². The minimum Gasteiger partial charge on any atom is -0.494 e. The van der Waals surface area contributed by atoms with Crippen molar-refractivity contribution in [2.24, 2.45) is 0 Å². The summed E-state index contributed by atoms with van der Waals surface area (Å²) >= 11 is 0. The molecule has 0 spiro atoms. The van der Waals surface area contributed by atoms with Crippen LogP contribution in [0.3, 0.4) is 0 Å². The molecule has 0 unspecified atom stereocenters. The summed E-state index contributed by atoms with van der Waals surface area (Å²) in [6, 6.07) is 6.23. The van der Waals surface area contributed by atoms with E-state index in [0.717, 1.165) is 12.4 Å². The third-order valence-electron chi connectivity index (χ3n) is 2.06. The Balaban J connectivity index is 2.97. The van der Waals surface area contributed by atoms with Gasteiger partial charge in [-0.25, -0.2) is 0 Å². The summed E-state index contributed by atoms with van der Waals surface area (Å²) in [7, 11) is 0. The summed E-state index contributed by atoms with van der Waals surface area (Å²) in [6.45, 7) is 9.10. The molecule has 0 atom stereocenters. The molecule has 0 aromatic heterocycles. The van der Waals surface area contributed by atoms with Crippen molar-refractivity contribution >= 4 is 0 Å². The monoisotopic (exact) mass is 177 g/mol. The average Bonchev–Trinajstić information content (AvgIpc) is 2.08. The number of hydrogen-bond acceptors (Lipinski definition) is 1. The number of hydrogen-bond donors (Lipinski definition) is 0. The zero-order valence-electron chi connectivity index (χ0n) is 8.85. The number of rotatable bonds is 3. The summed E-state index contributed by atoms with van der Waals surface area (Å²) in [5.41, 5.74) is 2.61. The van der Waals surface area contributed by atoms with Gasteiger partial charge in [-0.05, 0) is 43.0 Å². The molecule has 1 radical (unpaired) electrons. The molecule has 1 aromatic carbocycles. The van der Waals surface area contributed by atoms with Gasteiger partial charge in [0.05, 0.1) is 6.61 Å². The van der Waals surface area contributed by atoms with Crippen LogP contribution in [0.15, 0.2) is 18.2 Å². The fraction of sp³-hybridized carbons (Fsp3) is 0.417. The first-order valence-corrected chi connectivity index (χ1v) is 4.69. The molecule has 1 aromatic rings. The first kappa shape index (κ1) is 10.1. The van der Waals surface area contributed by atoms with Crippen LogP contribution >= 0.6 is 0 Å². The molecule has 0 bridgehead atoms. The lowest BCUT2D eigenvalue weighted by Crippen LogP contribution is -1.96. The lowest BCUT2D eigenvalue weighted by Gasteiger charge is -2.11. The van der Waals surface area contributed by atoms with E-state index in [1.807, 2.05) is 13.0 Å². The van der Waals surface area contributed by atoms with E-state index in [9.17, 15) is 0 Å². The number of ether oxygens (including phenoxy) is 1. The second-order valence-electron chi connectivity index (χ2n) is 3.41. The highest BCUT2D eigenvalue weighted by Crippen LogP contribution is 2.23. The lowest BCUT2D eigenvalue weighted by molar-refractivity contribution is 0.340. The van der Waals surface area contributed by atoms with Gasteiger partial charge in [-0.1, -0.05) is 19.9 Å². The maximum atomic E-state index is 5.44. The van der Waals surface area contributed by atoms with E-state index < -0.39 is 0 Å². The molecule has 0 saturated heterocycles. The molecule has 13 heavy (non-hydrogen) atoms. The molecule has 0 amide bonds. The third kappa shape index (κ3) is 2.48. The maximum absolute atomic E-state index is 5.44. The second-order valence-corrected chi connectivity index (χ2v) is 3.41. The Labute approximate surface area is 80.7 Å². The third-order valence-corrected chi connectivity index (χ3v) is 2.06. The highest BCUT2D eigenvalue weighted by Gasteiger charge is 2.04. The van der Waals surface area contributed by atoms with Crippen LogP contribution in [0, 0.1) is 12.8 Å².